The molecule has 10 nitrogen and oxygen atoms in total. The highest BCUT2D eigenvalue weighted by Gasteiger charge is 2.22. The zero-order chi connectivity index (χ0) is 18.7. The minimum atomic E-state index is -1.26. The van der Waals surface area contributed by atoms with Crippen molar-refractivity contribution >= 4 is 52.4 Å². The van der Waals surface area contributed by atoms with Gasteiger partial charge in [0, 0.05) is 12.2 Å². The smallest absolute Gasteiger partial charge is 0.322 e. The lowest BCUT2D eigenvalue weighted by molar-refractivity contribution is -0.139. The van der Waals surface area contributed by atoms with Crippen LogP contribution in [0.1, 0.15) is 12.8 Å². The van der Waals surface area contributed by atoms with Gasteiger partial charge in [-0.25, -0.2) is 0 Å². The second-order valence-electron chi connectivity index (χ2n) is 4.59. The summed E-state index contributed by atoms with van der Waals surface area (Å²) in [7, 11) is 0. The number of carboxylic acids is 2. The Labute approximate surface area is 146 Å². The maximum Gasteiger partial charge on any atom is 0.322 e. The van der Waals surface area contributed by atoms with Crippen LogP contribution in [0.3, 0.4) is 0 Å². The molecule has 0 aromatic heterocycles. The quantitative estimate of drug-likeness (QED) is 0.247. The molecule has 2 amide bonds. The molecule has 24 heavy (non-hydrogen) atoms. The van der Waals surface area contributed by atoms with Gasteiger partial charge in [0.1, 0.15) is 18.6 Å². The Hall–Kier alpha value is -1.85. The molecular formula is C12H18ClN3O7S. The van der Waals surface area contributed by atoms with Gasteiger partial charge in [0.25, 0.3) is 0 Å². The molecule has 0 spiro atoms. The Balaban J connectivity index is 4.57. The van der Waals surface area contributed by atoms with Crippen molar-refractivity contribution in [2.45, 2.75) is 24.9 Å². The largest absolute Gasteiger partial charge is 0.480 e. The molecule has 0 aromatic carbocycles. The van der Waals surface area contributed by atoms with E-state index in [1.165, 1.54) is 0 Å². The van der Waals surface area contributed by atoms with E-state index in [0.29, 0.717) is 0 Å². The SMILES string of the molecule is N[C@@H](CCC(=O)N[C@@H](CSCC(=O)Cl)C(=O)NCC(=O)O)C(=O)O. The Morgan fingerprint density at radius 3 is 2.29 bits per heavy atom. The molecule has 0 saturated carbocycles. The van der Waals surface area contributed by atoms with Gasteiger partial charge in [0.15, 0.2) is 0 Å². The van der Waals surface area contributed by atoms with Crippen LogP contribution in [0.5, 0.6) is 0 Å². The number of rotatable bonds is 12. The Morgan fingerprint density at radius 1 is 1.17 bits per heavy atom. The highest BCUT2D eigenvalue weighted by molar-refractivity contribution is 8.00. The zero-order valence-electron chi connectivity index (χ0n) is 12.5. The summed E-state index contributed by atoms with van der Waals surface area (Å²) in [4.78, 5) is 55.3. The highest BCUT2D eigenvalue weighted by Crippen LogP contribution is 2.06. The van der Waals surface area contributed by atoms with Crippen LogP contribution in [-0.2, 0) is 24.0 Å². The molecule has 0 rings (SSSR count). The molecule has 6 N–H and O–H groups in total. The number of aliphatic carboxylic acids is 2. The summed E-state index contributed by atoms with van der Waals surface area (Å²) in [6.45, 7) is -0.631. The van der Waals surface area contributed by atoms with E-state index >= 15 is 0 Å². The molecular weight excluding hydrogens is 366 g/mol. The van der Waals surface area contributed by atoms with Gasteiger partial charge in [0.05, 0.1) is 5.75 Å². The van der Waals surface area contributed by atoms with Crippen LogP contribution in [0, 0.1) is 0 Å². The van der Waals surface area contributed by atoms with Crippen molar-refractivity contribution in [2.24, 2.45) is 5.73 Å². The Kier molecular flexibility index (Phi) is 10.8. The number of halogens is 1. The maximum atomic E-state index is 11.9. The number of carboxylic acid groups (broad SMARTS) is 2. The number of carbonyl (C=O) groups excluding carboxylic acids is 3. The molecule has 0 radical (unpaired) electrons. The van der Waals surface area contributed by atoms with Crippen molar-refractivity contribution in [1.82, 2.24) is 10.6 Å². The molecule has 0 bridgehead atoms. The average Bonchev–Trinajstić information content (AvgIpc) is 2.48. The lowest BCUT2D eigenvalue weighted by Gasteiger charge is -2.17. The number of nitrogens with two attached hydrogens (primary N) is 1. The van der Waals surface area contributed by atoms with Gasteiger partial charge in [-0.15, -0.1) is 0 Å². The predicted molar refractivity (Wildman–Crippen MR) is 85.6 cm³/mol. The minimum Gasteiger partial charge on any atom is -0.480 e. The lowest BCUT2D eigenvalue weighted by atomic mass is 10.1. The third-order valence-corrected chi connectivity index (χ3v) is 3.89. The highest BCUT2D eigenvalue weighted by atomic mass is 35.5. The van der Waals surface area contributed by atoms with Crippen molar-refractivity contribution < 1.29 is 34.2 Å². The van der Waals surface area contributed by atoms with Crippen LogP contribution in [0.4, 0.5) is 0 Å². The Morgan fingerprint density at radius 2 is 1.79 bits per heavy atom. The predicted octanol–water partition coefficient (Wildman–Crippen LogP) is -1.64. The summed E-state index contributed by atoms with van der Waals surface area (Å²) in [5.74, 6) is -3.99. The minimum absolute atomic E-state index is 0.0133. The standard InChI is InChI=1S/C12H18ClN3O7S/c13-8(17)5-24-4-7(11(21)15-3-10(19)20)16-9(18)2-1-6(14)12(22)23/h6-7H,1-5,14H2,(H,15,21)(H,16,18)(H,19,20)(H,22,23)/t6-,7-/m0/s1. The molecule has 0 aliphatic heterocycles. The van der Waals surface area contributed by atoms with Crippen LogP contribution in [0.25, 0.3) is 0 Å². The zero-order valence-corrected chi connectivity index (χ0v) is 14.1. The number of thioether (sulfide) groups is 1. The summed E-state index contributed by atoms with van der Waals surface area (Å²) in [6.07, 6.45) is -0.354. The van der Waals surface area contributed by atoms with Crippen LogP contribution >= 0.6 is 23.4 Å². The first kappa shape index (κ1) is 22.1. The average molecular weight is 384 g/mol. The summed E-state index contributed by atoms with van der Waals surface area (Å²) in [5.41, 5.74) is 5.27. The van der Waals surface area contributed by atoms with E-state index in [4.69, 9.17) is 27.5 Å². The molecule has 2 atom stereocenters. The first-order chi connectivity index (χ1) is 11.1. The molecule has 12 heteroatoms. The Bertz CT molecular complexity index is 503. The molecule has 0 aromatic rings. The van der Waals surface area contributed by atoms with Crippen LogP contribution in [-0.4, -0.2) is 69.3 Å². The van der Waals surface area contributed by atoms with Gasteiger partial charge < -0.3 is 26.6 Å². The van der Waals surface area contributed by atoms with Gasteiger partial charge in [-0.05, 0) is 18.0 Å². The third-order valence-electron chi connectivity index (χ3n) is 2.57. The molecule has 0 heterocycles. The normalized spacial score (nSPS) is 12.8. The molecule has 0 aliphatic rings. The van der Waals surface area contributed by atoms with E-state index < -0.39 is 47.6 Å². The first-order valence-electron chi connectivity index (χ1n) is 6.66. The molecule has 0 aliphatic carbocycles. The fourth-order valence-electron chi connectivity index (χ4n) is 1.40. The number of hydrogen-bond donors (Lipinski definition) is 5. The van der Waals surface area contributed by atoms with Crippen LogP contribution in [0.15, 0.2) is 0 Å². The molecule has 0 unspecified atom stereocenters. The van der Waals surface area contributed by atoms with E-state index in [1.54, 1.807) is 0 Å². The van der Waals surface area contributed by atoms with Gasteiger partial charge in [-0.3, -0.25) is 24.0 Å². The maximum absolute atomic E-state index is 11.9. The molecule has 0 fully saturated rings. The van der Waals surface area contributed by atoms with Crippen molar-refractivity contribution in [3.63, 3.8) is 0 Å². The number of hydrogen-bond acceptors (Lipinski definition) is 7. The number of nitrogens with one attached hydrogen (secondary N) is 2. The number of amides is 2. The summed E-state index contributed by atoms with van der Waals surface area (Å²) >= 11 is 6.15. The van der Waals surface area contributed by atoms with Crippen molar-refractivity contribution in [2.75, 3.05) is 18.1 Å². The van der Waals surface area contributed by atoms with E-state index in [1.807, 2.05) is 0 Å². The fraction of sp³-hybridized carbons (Fsp3) is 0.583. The van der Waals surface area contributed by atoms with Crippen molar-refractivity contribution in [3.05, 3.63) is 0 Å². The second-order valence-corrected chi connectivity index (χ2v) is 6.04. The lowest BCUT2D eigenvalue weighted by Crippen LogP contribution is -2.49. The monoisotopic (exact) mass is 383 g/mol. The van der Waals surface area contributed by atoms with Crippen LogP contribution in [0.2, 0.25) is 0 Å². The number of carbonyl (C=O) groups is 5. The molecule has 136 valence electrons. The van der Waals surface area contributed by atoms with Gasteiger partial charge in [-0.1, -0.05) is 0 Å². The van der Waals surface area contributed by atoms with Crippen molar-refractivity contribution in [3.8, 4) is 0 Å². The third kappa shape index (κ3) is 10.8. The topological polar surface area (TPSA) is 176 Å². The molecule has 0 saturated heterocycles. The van der Waals surface area contributed by atoms with E-state index in [-0.39, 0.29) is 24.3 Å². The summed E-state index contributed by atoms with van der Waals surface area (Å²) in [5, 5.41) is 21.0. The summed E-state index contributed by atoms with van der Waals surface area (Å²) in [6, 6.07) is -2.31. The van der Waals surface area contributed by atoms with E-state index in [9.17, 15) is 24.0 Å². The van der Waals surface area contributed by atoms with Gasteiger partial charge >= 0.3 is 11.9 Å². The first-order valence-corrected chi connectivity index (χ1v) is 8.20. The summed E-state index contributed by atoms with van der Waals surface area (Å²) < 4.78 is 0. The van der Waals surface area contributed by atoms with Crippen LogP contribution < -0.4 is 16.4 Å². The van der Waals surface area contributed by atoms with E-state index in [0.717, 1.165) is 11.8 Å². The van der Waals surface area contributed by atoms with Gasteiger partial charge in [0.2, 0.25) is 17.1 Å². The van der Waals surface area contributed by atoms with E-state index in [2.05, 4.69) is 10.6 Å². The second kappa shape index (κ2) is 11.6. The van der Waals surface area contributed by atoms with Gasteiger partial charge in [-0.2, -0.15) is 11.8 Å². The van der Waals surface area contributed by atoms with Crippen molar-refractivity contribution in [1.29, 1.82) is 0 Å². The fourth-order valence-corrected chi connectivity index (χ4v) is 2.38.